The van der Waals surface area contributed by atoms with Crippen LogP contribution in [0.3, 0.4) is 0 Å². The minimum absolute atomic E-state index is 0.191. The summed E-state index contributed by atoms with van der Waals surface area (Å²) in [5, 5.41) is 2.93. The van der Waals surface area contributed by atoms with Gasteiger partial charge in [-0.1, -0.05) is 13.0 Å². The Kier molecular flexibility index (Phi) is 7.71. The third-order valence-electron chi connectivity index (χ3n) is 4.54. The van der Waals surface area contributed by atoms with Crippen LogP contribution in [0.2, 0.25) is 0 Å². The average Bonchev–Trinajstić information content (AvgIpc) is 2.77. The smallest absolute Gasteiger partial charge is 0.251 e. The summed E-state index contributed by atoms with van der Waals surface area (Å²) in [5.74, 6) is 1.87. The number of hydrogen-bond acceptors (Lipinski definition) is 6. The van der Waals surface area contributed by atoms with E-state index in [2.05, 4.69) is 31.1 Å². The van der Waals surface area contributed by atoms with Crippen molar-refractivity contribution in [3.8, 4) is 11.5 Å². The number of nitrogens with one attached hydrogen (secondary N) is 1. The van der Waals surface area contributed by atoms with E-state index in [0.29, 0.717) is 34.7 Å². The normalized spacial score (nSPS) is 13.8. The van der Waals surface area contributed by atoms with Gasteiger partial charge in [0.25, 0.3) is 5.91 Å². The Balaban J connectivity index is 1.62. The van der Waals surface area contributed by atoms with Crippen LogP contribution in [0.1, 0.15) is 29.3 Å². The van der Waals surface area contributed by atoms with Crippen LogP contribution in [0.4, 0.5) is 5.82 Å². The molecule has 0 unspecified atom stereocenters. The van der Waals surface area contributed by atoms with Gasteiger partial charge in [0.2, 0.25) is 0 Å². The average molecular weight is 464 g/mol. The van der Waals surface area contributed by atoms with E-state index in [1.54, 1.807) is 25.4 Å². The fourth-order valence-electron chi connectivity index (χ4n) is 2.98. The van der Waals surface area contributed by atoms with Crippen molar-refractivity contribution < 1.29 is 19.0 Å². The van der Waals surface area contributed by atoms with Crippen LogP contribution in [0.5, 0.6) is 11.5 Å². The van der Waals surface area contributed by atoms with Gasteiger partial charge in [-0.05, 0) is 46.1 Å². The summed E-state index contributed by atoms with van der Waals surface area (Å²) in [7, 11) is 1.56. The number of carbonyl (C=O) groups is 1. The van der Waals surface area contributed by atoms with E-state index in [0.717, 1.165) is 44.1 Å². The molecule has 0 saturated carbocycles. The van der Waals surface area contributed by atoms with Crippen molar-refractivity contribution in [2.45, 2.75) is 19.9 Å². The number of methoxy groups -OCH3 is 1. The predicted molar refractivity (Wildman–Crippen MR) is 115 cm³/mol. The maximum absolute atomic E-state index is 12.6. The van der Waals surface area contributed by atoms with Gasteiger partial charge in [-0.15, -0.1) is 0 Å². The highest BCUT2D eigenvalue weighted by Gasteiger charge is 2.16. The summed E-state index contributed by atoms with van der Waals surface area (Å²) in [5.41, 5.74) is 1.43. The number of benzene rings is 1. The molecule has 0 bridgehead atoms. The first-order valence-corrected chi connectivity index (χ1v) is 10.5. The highest BCUT2D eigenvalue weighted by atomic mass is 79.9. The minimum Gasteiger partial charge on any atom is -0.493 e. The molecule has 1 aliphatic heterocycles. The maximum atomic E-state index is 12.6. The first-order chi connectivity index (χ1) is 14.1. The van der Waals surface area contributed by atoms with Crippen LogP contribution in [0.15, 0.2) is 34.9 Å². The molecule has 1 fully saturated rings. The minimum atomic E-state index is -0.191. The first kappa shape index (κ1) is 21.4. The number of hydrogen-bond donors (Lipinski definition) is 1. The van der Waals surface area contributed by atoms with E-state index in [1.807, 2.05) is 19.1 Å². The molecule has 1 aromatic carbocycles. The summed E-state index contributed by atoms with van der Waals surface area (Å²) < 4.78 is 17.2. The molecule has 0 aliphatic carbocycles. The van der Waals surface area contributed by atoms with Gasteiger partial charge in [0, 0.05) is 31.4 Å². The van der Waals surface area contributed by atoms with Gasteiger partial charge < -0.3 is 24.4 Å². The van der Waals surface area contributed by atoms with Crippen LogP contribution in [-0.2, 0) is 11.3 Å². The van der Waals surface area contributed by atoms with Gasteiger partial charge >= 0.3 is 0 Å². The van der Waals surface area contributed by atoms with Gasteiger partial charge in [0.05, 0.1) is 31.4 Å². The van der Waals surface area contributed by atoms with Gasteiger partial charge in [0.1, 0.15) is 5.82 Å². The Hall–Kier alpha value is -2.32. The number of morpholine rings is 1. The molecule has 2 aromatic rings. The molecule has 1 amide bonds. The number of rotatable bonds is 8. The number of amides is 1. The van der Waals surface area contributed by atoms with Crippen LogP contribution < -0.4 is 19.7 Å². The van der Waals surface area contributed by atoms with Crippen LogP contribution in [-0.4, -0.2) is 50.9 Å². The van der Waals surface area contributed by atoms with Crippen molar-refractivity contribution in [1.29, 1.82) is 0 Å². The zero-order valence-corrected chi connectivity index (χ0v) is 18.3. The fourth-order valence-corrected chi connectivity index (χ4v) is 3.54. The lowest BCUT2D eigenvalue weighted by molar-refractivity contribution is 0.0950. The van der Waals surface area contributed by atoms with Gasteiger partial charge in [-0.3, -0.25) is 4.79 Å². The zero-order valence-electron chi connectivity index (χ0n) is 16.7. The number of ether oxygens (including phenoxy) is 3. The zero-order chi connectivity index (χ0) is 20.6. The van der Waals surface area contributed by atoms with Crippen LogP contribution >= 0.6 is 15.9 Å². The molecule has 0 atom stereocenters. The molecule has 156 valence electrons. The highest BCUT2D eigenvalue weighted by Crippen LogP contribution is 2.36. The van der Waals surface area contributed by atoms with Crippen molar-refractivity contribution in [3.05, 3.63) is 46.1 Å². The Labute approximate surface area is 179 Å². The number of aromatic nitrogens is 1. The molecule has 1 N–H and O–H groups in total. The lowest BCUT2D eigenvalue weighted by Gasteiger charge is -2.27. The molecule has 7 nitrogen and oxygen atoms in total. The summed E-state index contributed by atoms with van der Waals surface area (Å²) >= 11 is 3.47. The second-order valence-electron chi connectivity index (χ2n) is 6.64. The SMILES string of the molecule is CCCOc1c(Br)cc(C(=O)NCc2ccc(N3CCOCC3)nc2)cc1OC. The second-order valence-corrected chi connectivity index (χ2v) is 7.50. The summed E-state index contributed by atoms with van der Waals surface area (Å²) in [6.07, 6.45) is 2.68. The van der Waals surface area contributed by atoms with E-state index in [-0.39, 0.29) is 5.91 Å². The fraction of sp³-hybridized carbons (Fsp3) is 0.429. The quantitative estimate of drug-likeness (QED) is 0.646. The van der Waals surface area contributed by atoms with E-state index < -0.39 is 0 Å². The maximum Gasteiger partial charge on any atom is 0.251 e. The standard InChI is InChI=1S/C21H26BrN3O4/c1-3-8-29-20-17(22)11-16(12-18(20)27-2)21(26)24-14-15-4-5-19(23-13-15)25-6-9-28-10-7-25/h4-5,11-13H,3,6-10,14H2,1-2H3,(H,24,26). The number of halogens is 1. The third kappa shape index (κ3) is 5.61. The molecule has 1 aromatic heterocycles. The van der Waals surface area contributed by atoms with E-state index in [9.17, 15) is 4.79 Å². The lowest BCUT2D eigenvalue weighted by Crippen LogP contribution is -2.36. The Morgan fingerprint density at radius 1 is 1.31 bits per heavy atom. The number of anilines is 1. The molecule has 0 radical (unpaired) electrons. The highest BCUT2D eigenvalue weighted by molar-refractivity contribution is 9.10. The van der Waals surface area contributed by atoms with Gasteiger partial charge in [-0.2, -0.15) is 0 Å². The third-order valence-corrected chi connectivity index (χ3v) is 5.13. The number of carbonyl (C=O) groups excluding carboxylic acids is 1. The Morgan fingerprint density at radius 2 is 2.10 bits per heavy atom. The lowest BCUT2D eigenvalue weighted by atomic mass is 10.1. The first-order valence-electron chi connectivity index (χ1n) is 9.68. The Bertz CT molecular complexity index is 823. The van der Waals surface area contributed by atoms with Gasteiger partial charge in [0.15, 0.2) is 11.5 Å². The predicted octanol–water partition coefficient (Wildman–Crippen LogP) is 3.41. The molecule has 1 saturated heterocycles. The monoisotopic (exact) mass is 463 g/mol. The molecule has 1 aliphatic rings. The Morgan fingerprint density at radius 3 is 2.76 bits per heavy atom. The molecule has 2 heterocycles. The topological polar surface area (TPSA) is 72.9 Å². The second kappa shape index (κ2) is 10.5. The van der Waals surface area contributed by atoms with Gasteiger partial charge in [-0.25, -0.2) is 4.98 Å². The molecule has 0 spiro atoms. The van der Waals surface area contributed by atoms with Crippen molar-refractivity contribution in [2.24, 2.45) is 0 Å². The molecular weight excluding hydrogens is 438 g/mol. The number of pyridine rings is 1. The van der Waals surface area contributed by atoms with E-state index >= 15 is 0 Å². The van der Waals surface area contributed by atoms with Crippen molar-refractivity contribution in [3.63, 3.8) is 0 Å². The summed E-state index contributed by atoms with van der Waals surface area (Å²) in [6.45, 7) is 6.14. The number of nitrogens with zero attached hydrogens (tertiary/aromatic N) is 2. The summed E-state index contributed by atoms with van der Waals surface area (Å²) in [4.78, 5) is 19.3. The summed E-state index contributed by atoms with van der Waals surface area (Å²) in [6, 6.07) is 7.38. The van der Waals surface area contributed by atoms with E-state index in [1.165, 1.54) is 0 Å². The van der Waals surface area contributed by atoms with Crippen LogP contribution in [0, 0.1) is 0 Å². The van der Waals surface area contributed by atoms with Crippen molar-refractivity contribution in [1.82, 2.24) is 10.3 Å². The molecule has 29 heavy (non-hydrogen) atoms. The van der Waals surface area contributed by atoms with E-state index in [4.69, 9.17) is 14.2 Å². The van der Waals surface area contributed by atoms with Crippen molar-refractivity contribution >= 4 is 27.7 Å². The molecular formula is C21H26BrN3O4. The molecule has 3 rings (SSSR count). The van der Waals surface area contributed by atoms with Crippen molar-refractivity contribution in [2.75, 3.05) is 44.9 Å². The largest absolute Gasteiger partial charge is 0.493 e. The van der Waals surface area contributed by atoms with Crippen LogP contribution in [0.25, 0.3) is 0 Å². The molecule has 8 heteroatoms.